The maximum absolute atomic E-state index is 11.8. The lowest BCUT2D eigenvalue weighted by Crippen LogP contribution is -2.64. The molecular weight excluding hydrogens is 276 g/mol. The molecule has 2 N–H and O–H groups in total. The van der Waals surface area contributed by atoms with Crippen molar-refractivity contribution in [2.75, 3.05) is 11.4 Å². The van der Waals surface area contributed by atoms with Crippen LogP contribution in [0.4, 0.5) is 5.95 Å². The van der Waals surface area contributed by atoms with E-state index in [2.05, 4.69) is 15.3 Å². The van der Waals surface area contributed by atoms with Crippen LogP contribution in [-0.4, -0.2) is 44.9 Å². The van der Waals surface area contributed by atoms with E-state index in [0.29, 0.717) is 5.56 Å². The third-order valence-electron chi connectivity index (χ3n) is 3.10. The normalized spacial score (nSPS) is 17.9. The standard InChI is InChI=1S/C13H14N4O4/c1-13(2)11(21)16-9(18)7-17(13)12-14-5-8(6-15-12)3-4-10(19)20/h3-6H,7H2,1-2H3,(H,19,20)(H,16,18,21)/b4-3+. The number of piperazine rings is 1. The Bertz CT molecular complexity index is 622. The monoisotopic (exact) mass is 290 g/mol. The minimum Gasteiger partial charge on any atom is -0.478 e. The first kappa shape index (κ1) is 14.6. The van der Waals surface area contributed by atoms with Crippen LogP contribution in [0.25, 0.3) is 6.08 Å². The van der Waals surface area contributed by atoms with Gasteiger partial charge in [0, 0.05) is 24.0 Å². The van der Waals surface area contributed by atoms with Crippen molar-refractivity contribution >= 4 is 29.8 Å². The van der Waals surface area contributed by atoms with Gasteiger partial charge < -0.3 is 10.0 Å². The molecule has 0 bridgehead atoms. The maximum atomic E-state index is 11.8. The van der Waals surface area contributed by atoms with Gasteiger partial charge in [0.1, 0.15) is 12.1 Å². The van der Waals surface area contributed by atoms with Crippen LogP contribution in [0.2, 0.25) is 0 Å². The number of aliphatic carboxylic acids is 1. The summed E-state index contributed by atoms with van der Waals surface area (Å²) in [7, 11) is 0. The number of carboxylic acids is 1. The van der Waals surface area contributed by atoms with Gasteiger partial charge in [-0.3, -0.25) is 14.9 Å². The summed E-state index contributed by atoms with van der Waals surface area (Å²) in [6, 6.07) is 0. The molecule has 2 amide bonds. The average Bonchev–Trinajstić information content (AvgIpc) is 2.41. The van der Waals surface area contributed by atoms with E-state index in [1.54, 1.807) is 13.8 Å². The molecule has 1 aliphatic heterocycles. The van der Waals surface area contributed by atoms with Gasteiger partial charge in [0.05, 0.1) is 0 Å². The van der Waals surface area contributed by atoms with Gasteiger partial charge in [-0.25, -0.2) is 14.8 Å². The van der Waals surface area contributed by atoms with Crippen LogP contribution in [0, 0.1) is 0 Å². The molecule has 1 aromatic rings. The molecule has 8 heteroatoms. The van der Waals surface area contributed by atoms with Crippen LogP contribution in [0.5, 0.6) is 0 Å². The number of hydrogen-bond acceptors (Lipinski definition) is 6. The second kappa shape index (κ2) is 5.31. The topological polar surface area (TPSA) is 112 Å². The molecule has 1 saturated heterocycles. The highest BCUT2D eigenvalue weighted by atomic mass is 16.4. The molecule has 2 heterocycles. The Morgan fingerprint density at radius 3 is 2.57 bits per heavy atom. The molecule has 21 heavy (non-hydrogen) atoms. The zero-order chi connectivity index (χ0) is 15.6. The van der Waals surface area contributed by atoms with Crippen LogP contribution in [-0.2, 0) is 14.4 Å². The van der Waals surface area contributed by atoms with Gasteiger partial charge >= 0.3 is 5.97 Å². The largest absolute Gasteiger partial charge is 0.478 e. The van der Waals surface area contributed by atoms with Crippen molar-refractivity contribution in [1.82, 2.24) is 15.3 Å². The van der Waals surface area contributed by atoms with Gasteiger partial charge in [-0.1, -0.05) is 0 Å². The predicted molar refractivity (Wildman–Crippen MR) is 73.3 cm³/mol. The van der Waals surface area contributed by atoms with E-state index >= 15 is 0 Å². The van der Waals surface area contributed by atoms with E-state index in [4.69, 9.17) is 5.11 Å². The number of amides is 2. The number of rotatable bonds is 3. The van der Waals surface area contributed by atoms with Crippen molar-refractivity contribution in [2.24, 2.45) is 0 Å². The Hall–Kier alpha value is -2.77. The Morgan fingerprint density at radius 1 is 1.38 bits per heavy atom. The summed E-state index contributed by atoms with van der Waals surface area (Å²) in [6.07, 6.45) is 5.18. The molecule has 8 nitrogen and oxygen atoms in total. The van der Waals surface area contributed by atoms with Crippen LogP contribution in [0.3, 0.4) is 0 Å². The number of carbonyl (C=O) groups excluding carboxylic acids is 2. The predicted octanol–water partition coefficient (Wildman–Crippen LogP) is -0.184. The van der Waals surface area contributed by atoms with Gasteiger partial charge in [-0.05, 0) is 19.9 Å². The van der Waals surface area contributed by atoms with E-state index in [0.717, 1.165) is 6.08 Å². The summed E-state index contributed by atoms with van der Waals surface area (Å²) in [5, 5.41) is 10.8. The third-order valence-corrected chi connectivity index (χ3v) is 3.10. The number of nitrogens with one attached hydrogen (secondary N) is 1. The molecule has 1 aromatic heterocycles. The summed E-state index contributed by atoms with van der Waals surface area (Å²) in [5.41, 5.74) is -0.446. The number of carbonyl (C=O) groups is 3. The lowest BCUT2D eigenvalue weighted by atomic mass is 9.99. The van der Waals surface area contributed by atoms with Gasteiger partial charge in [0.15, 0.2) is 0 Å². The van der Waals surface area contributed by atoms with Gasteiger partial charge in [0.2, 0.25) is 11.9 Å². The van der Waals surface area contributed by atoms with Crippen molar-refractivity contribution in [2.45, 2.75) is 19.4 Å². The van der Waals surface area contributed by atoms with E-state index in [9.17, 15) is 14.4 Å². The second-order valence-corrected chi connectivity index (χ2v) is 5.01. The summed E-state index contributed by atoms with van der Waals surface area (Å²) >= 11 is 0. The number of carboxylic acid groups (broad SMARTS) is 1. The Morgan fingerprint density at radius 2 is 2.00 bits per heavy atom. The fraction of sp³-hybridized carbons (Fsp3) is 0.308. The highest BCUT2D eigenvalue weighted by molar-refractivity contribution is 6.06. The Balaban J connectivity index is 2.26. The number of anilines is 1. The van der Waals surface area contributed by atoms with Crippen molar-refractivity contribution in [3.8, 4) is 0 Å². The maximum Gasteiger partial charge on any atom is 0.328 e. The first-order valence-electron chi connectivity index (χ1n) is 6.15. The lowest BCUT2D eigenvalue weighted by Gasteiger charge is -2.39. The third kappa shape index (κ3) is 3.04. The first-order valence-corrected chi connectivity index (χ1v) is 6.15. The van der Waals surface area contributed by atoms with Crippen molar-refractivity contribution < 1.29 is 19.5 Å². The fourth-order valence-corrected chi connectivity index (χ4v) is 1.83. The molecule has 0 unspecified atom stereocenters. The van der Waals surface area contributed by atoms with E-state index < -0.39 is 23.3 Å². The van der Waals surface area contributed by atoms with Gasteiger partial charge in [0.25, 0.3) is 5.91 Å². The van der Waals surface area contributed by atoms with Crippen molar-refractivity contribution in [3.63, 3.8) is 0 Å². The van der Waals surface area contributed by atoms with Crippen LogP contribution in [0.15, 0.2) is 18.5 Å². The number of aromatic nitrogens is 2. The average molecular weight is 290 g/mol. The van der Waals surface area contributed by atoms with Crippen LogP contribution >= 0.6 is 0 Å². The van der Waals surface area contributed by atoms with Crippen molar-refractivity contribution in [1.29, 1.82) is 0 Å². The Labute approximate surface area is 120 Å². The molecule has 1 aliphatic rings. The highest BCUT2D eigenvalue weighted by Crippen LogP contribution is 2.23. The first-order chi connectivity index (χ1) is 9.80. The Kier molecular flexibility index (Phi) is 3.70. The fourth-order valence-electron chi connectivity index (χ4n) is 1.83. The minimum atomic E-state index is -1.07. The molecule has 0 aromatic carbocycles. The quantitative estimate of drug-likeness (QED) is 0.586. The molecule has 1 fully saturated rings. The molecule has 2 rings (SSSR count). The summed E-state index contributed by atoms with van der Waals surface area (Å²) in [6.45, 7) is 3.30. The number of hydrogen-bond donors (Lipinski definition) is 2. The van der Waals surface area contributed by atoms with Crippen LogP contribution in [0.1, 0.15) is 19.4 Å². The zero-order valence-corrected chi connectivity index (χ0v) is 11.5. The van der Waals surface area contributed by atoms with Gasteiger partial charge in [-0.2, -0.15) is 0 Å². The molecule has 0 spiro atoms. The van der Waals surface area contributed by atoms with E-state index in [-0.39, 0.29) is 12.5 Å². The van der Waals surface area contributed by atoms with Crippen LogP contribution < -0.4 is 10.2 Å². The number of imide groups is 1. The number of nitrogens with zero attached hydrogens (tertiary/aromatic N) is 3. The SMILES string of the molecule is CC1(C)C(=O)NC(=O)CN1c1ncc(/C=C/C(=O)O)cn1. The second-order valence-electron chi connectivity index (χ2n) is 5.01. The lowest BCUT2D eigenvalue weighted by molar-refractivity contribution is -0.135. The molecular formula is C13H14N4O4. The minimum absolute atomic E-state index is 0.0248. The molecule has 0 saturated carbocycles. The molecule has 110 valence electrons. The summed E-state index contributed by atoms with van der Waals surface area (Å²) in [4.78, 5) is 43.4. The summed E-state index contributed by atoms with van der Waals surface area (Å²) < 4.78 is 0. The van der Waals surface area contributed by atoms with Crippen molar-refractivity contribution in [3.05, 3.63) is 24.0 Å². The molecule has 0 atom stereocenters. The zero-order valence-electron chi connectivity index (χ0n) is 11.5. The van der Waals surface area contributed by atoms with Gasteiger partial charge in [-0.15, -0.1) is 0 Å². The molecule has 0 radical (unpaired) electrons. The summed E-state index contributed by atoms with van der Waals surface area (Å²) in [5.74, 6) is -1.68. The smallest absolute Gasteiger partial charge is 0.328 e. The van der Waals surface area contributed by atoms with E-state index in [1.165, 1.54) is 23.4 Å². The highest BCUT2D eigenvalue weighted by Gasteiger charge is 2.42. The molecule has 0 aliphatic carbocycles. The van der Waals surface area contributed by atoms with E-state index in [1.807, 2.05) is 0 Å².